The molecule has 0 radical (unpaired) electrons. The Labute approximate surface area is 377 Å². The van der Waals surface area contributed by atoms with Gasteiger partial charge in [0.2, 0.25) is 11.8 Å². The van der Waals surface area contributed by atoms with Crippen molar-refractivity contribution >= 4 is 68.6 Å². The molecule has 0 saturated carbocycles. The highest BCUT2D eigenvalue weighted by Crippen LogP contribution is 2.26. The molecular weight excluding hydrogens is 870 g/mol. The van der Waals surface area contributed by atoms with Crippen LogP contribution in [0.2, 0.25) is 10.0 Å². The third-order valence-corrected chi connectivity index (χ3v) is 12.4. The molecule has 4 aromatic carbocycles. The summed E-state index contributed by atoms with van der Waals surface area (Å²) in [7, 11) is -2.25. The Balaban J connectivity index is 0.000000219. The van der Waals surface area contributed by atoms with Gasteiger partial charge in [-0.2, -0.15) is 8.42 Å². The number of carbonyl (C=O) groups is 2. The molecule has 12 nitrogen and oxygen atoms in total. The Bertz CT molecular complexity index is 2560. The quantitative estimate of drug-likeness (QED) is 0.102. The molecule has 2 aliphatic heterocycles. The van der Waals surface area contributed by atoms with Crippen molar-refractivity contribution < 1.29 is 26.8 Å². The van der Waals surface area contributed by atoms with Crippen molar-refractivity contribution in [1.82, 2.24) is 29.2 Å². The fourth-order valence-electron chi connectivity index (χ4n) is 7.40. The maximum Gasteiger partial charge on any atom is 0.280 e. The van der Waals surface area contributed by atoms with Gasteiger partial charge in [-0.1, -0.05) is 59.6 Å². The average Bonchev–Trinajstić information content (AvgIpc) is 3.69. The van der Waals surface area contributed by atoms with Crippen molar-refractivity contribution in [3.63, 3.8) is 0 Å². The van der Waals surface area contributed by atoms with Crippen molar-refractivity contribution in [2.75, 3.05) is 49.7 Å². The lowest BCUT2D eigenvalue weighted by molar-refractivity contribution is -0.131. The van der Waals surface area contributed by atoms with E-state index < -0.39 is 10.0 Å². The molecule has 2 saturated heterocycles. The number of anilines is 2. The van der Waals surface area contributed by atoms with Gasteiger partial charge in [0, 0.05) is 106 Å². The van der Waals surface area contributed by atoms with E-state index in [0.29, 0.717) is 54.0 Å². The number of nitrogen functional groups attached to an aromatic ring is 1. The van der Waals surface area contributed by atoms with Crippen LogP contribution in [0.1, 0.15) is 36.1 Å². The van der Waals surface area contributed by atoms with Crippen LogP contribution in [0, 0.1) is 11.6 Å². The van der Waals surface area contributed by atoms with Crippen molar-refractivity contribution in [1.29, 1.82) is 0 Å². The number of sulfonamides is 1. The van der Waals surface area contributed by atoms with Gasteiger partial charge in [0.05, 0.1) is 12.0 Å². The number of hydrogen-bond donors (Lipinski definition) is 2. The smallest absolute Gasteiger partial charge is 0.280 e. The van der Waals surface area contributed by atoms with Gasteiger partial charge >= 0.3 is 0 Å². The average molecular weight is 920 g/mol. The minimum atomic E-state index is -3.93. The van der Waals surface area contributed by atoms with E-state index in [0.717, 1.165) is 36.3 Å². The number of nitrogens with one attached hydrogen (secondary N) is 1. The van der Waals surface area contributed by atoms with Crippen molar-refractivity contribution in [2.45, 2.75) is 44.0 Å². The second-order valence-corrected chi connectivity index (χ2v) is 18.1. The normalized spacial score (nSPS) is 17.5. The summed E-state index contributed by atoms with van der Waals surface area (Å²) in [5.41, 5.74) is 10.1. The summed E-state index contributed by atoms with van der Waals surface area (Å²) in [6.07, 6.45) is 9.09. The first-order chi connectivity index (χ1) is 30.0. The molecule has 0 unspecified atom stereocenters. The molecule has 332 valence electrons. The molecule has 2 amide bonds. The molecule has 3 heterocycles. The summed E-state index contributed by atoms with van der Waals surface area (Å²) in [5.74, 6) is -0.686. The second-order valence-electron chi connectivity index (χ2n) is 15.6. The maximum atomic E-state index is 13.2. The Morgan fingerprint density at radius 1 is 0.746 bits per heavy atom. The standard InChI is InChI=1S/C25H27ClFN5O3S.C21H23ClFN3O/c1-18-14-31(15-19-3-8-22(27)9-4-19)11-12-32(18)25(33)10-6-20-5-7-21(26)13-23(20)29-36(34,35)24-16-30(2)17-28-24;1-15-13-25(14-16-2-7-19(23)8-3-16)10-11-26(15)21(27)9-5-17-4-6-18(22)12-20(17)24/h3-10,13,16-18,29H,11-12,14-15H2,1-2H3;2-9,12,15H,10-11,13-14,24H2,1H3/b10-6+;9-5+/t18-;15-/m11/s1. The first kappa shape index (κ1) is 46.9. The zero-order chi connectivity index (χ0) is 45.3. The number of benzene rings is 4. The van der Waals surface area contributed by atoms with Gasteiger partial charge in [-0.3, -0.25) is 24.1 Å². The number of amides is 2. The van der Waals surface area contributed by atoms with E-state index in [1.54, 1.807) is 84.8 Å². The van der Waals surface area contributed by atoms with E-state index in [4.69, 9.17) is 28.9 Å². The summed E-state index contributed by atoms with van der Waals surface area (Å²) in [6.45, 7) is 9.61. The third-order valence-electron chi connectivity index (χ3n) is 10.7. The number of imidazole rings is 1. The highest BCUT2D eigenvalue weighted by Gasteiger charge is 2.28. The van der Waals surface area contributed by atoms with Crippen LogP contribution in [0.3, 0.4) is 0 Å². The SMILES string of the molecule is C[C@@H]1CN(Cc2ccc(F)cc2)CCN1C(=O)/C=C/c1ccc(Cl)cc1N.C[C@@H]1CN(Cc2ccc(F)cc2)CCN1C(=O)/C=C/c1ccc(Cl)cc1NS(=O)(=O)c1cn(C)cn1. The predicted octanol–water partition coefficient (Wildman–Crippen LogP) is 7.57. The number of carbonyl (C=O) groups excluding carboxylic acids is 2. The number of hydrogen-bond acceptors (Lipinski definition) is 8. The fourth-order valence-corrected chi connectivity index (χ4v) is 8.82. The van der Waals surface area contributed by atoms with Crippen LogP contribution in [-0.4, -0.2) is 101 Å². The van der Waals surface area contributed by atoms with E-state index in [-0.39, 0.29) is 46.2 Å². The summed E-state index contributed by atoms with van der Waals surface area (Å²) in [4.78, 5) is 37.6. The minimum Gasteiger partial charge on any atom is -0.398 e. The van der Waals surface area contributed by atoms with Crippen LogP contribution >= 0.6 is 23.2 Å². The van der Waals surface area contributed by atoms with Gasteiger partial charge in [-0.25, -0.2) is 13.8 Å². The van der Waals surface area contributed by atoms with Crippen molar-refractivity contribution in [3.8, 4) is 0 Å². The molecule has 2 fully saturated rings. The largest absolute Gasteiger partial charge is 0.398 e. The van der Waals surface area contributed by atoms with Gasteiger partial charge in [0.1, 0.15) is 11.6 Å². The van der Waals surface area contributed by atoms with Crippen molar-refractivity contribution in [2.24, 2.45) is 7.05 Å². The number of halogens is 4. The monoisotopic (exact) mass is 918 g/mol. The third kappa shape index (κ3) is 13.2. The lowest BCUT2D eigenvalue weighted by Gasteiger charge is -2.39. The lowest BCUT2D eigenvalue weighted by atomic mass is 10.1. The van der Waals surface area contributed by atoms with E-state index in [2.05, 4.69) is 19.5 Å². The molecule has 2 aliphatic rings. The van der Waals surface area contributed by atoms with Crippen LogP contribution in [0.5, 0.6) is 0 Å². The van der Waals surface area contributed by atoms with E-state index in [9.17, 15) is 26.8 Å². The maximum absolute atomic E-state index is 13.2. The topological polar surface area (TPSA) is 137 Å². The highest BCUT2D eigenvalue weighted by molar-refractivity contribution is 7.92. The van der Waals surface area contributed by atoms with Crippen LogP contribution < -0.4 is 10.5 Å². The van der Waals surface area contributed by atoms with Gasteiger partial charge in [-0.15, -0.1) is 0 Å². The first-order valence-corrected chi connectivity index (χ1v) is 22.5. The molecule has 0 aliphatic carbocycles. The summed E-state index contributed by atoms with van der Waals surface area (Å²) < 4.78 is 55.7. The molecule has 7 rings (SSSR count). The summed E-state index contributed by atoms with van der Waals surface area (Å²) >= 11 is 12.0. The van der Waals surface area contributed by atoms with E-state index in [1.165, 1.54) is 53.5 Å². The fraction of sp³-hybridized carbons (Fsp3) is 0.283. The van der Waals surface area contributed by atoms with Crippen LogP contribution in [0.4, 0.5) is 20.2 Å². The highest BCUT2D eigenvalue weighted by atomic mass is 35.5. The molecule has 63 heavy (non-hydrogen) atoms. The van der Waals surface area contributed by atoms with Crippen LogP contribution in [0.25, 0.3) is 12.2 Å². The lowest BCUT2D eigenvalue weighted by Crippen LogP contribution is -2.53. The number of nitrogens with two attached hydrogens (primary N) is 1. The van der Waals surface area contributed by atoms with Crippen LogP contribution in [0.15, 0.2) is 115 Å². The molecule has 5 aromatic rings. The Kier molecular flexibility index (Phi) is 15.8. The molecule has 3 N–H and O–H groups in total. The number of rotatable bonds is 11. The molecule has 1 aromatic heterocycles. The van der Waals surface area contributed by atoms with E-state index in [1.807, 2.05) is 18.7 Å². The molecule has 17 heteroatoms. The molecule has 2 atom stereocenters. The number of nitrogens with zero attached hydrogens (tertiary/aromatic N) is 6. The van der Waals surface area contributed by atoms with Crippen LogP contribution in [-0.2, 0) is 39.7 Å². The van der Waals surface area contributed by atoms with Crippen molar-refractivity contribution in [3.05, 3.63) is 154 Å². The minimum absolute atomic E-state index is 0.0244. The number of aromatic nitrogens is 2. The Hall–Kier alpha value is -5.58. The van der Waals surface area contributed by atoms with Gasteiger partial charge in [-0.05, 0) is 96.8 Å². The number of piperazine rings is 2. The summed E-state index contributed by atoms with van der Waals surface area (Å²) in [5, 5.41) is 0.799. The van der Waals surface area contributed by atoms with E-state index >= 15 is 0 Å². The second kappa shape index (κ2) is 21.2. The molecular formula is C46H50Cl2F2N8O4S. The zero-order valence-corrected chi connectivity index (χ0v) is 37.5. The first-order valence-electron chi connectivity index (χ1n) is 20.3. The number of aryl methyl sites for hydroxylation is 1. The predicted molar refractivity (Wildman–Crippen MR) is 245 cm³/mol. The zero-order valence-electron chi connectivity index (χ0n) is 35.2. The Morgan fingerprint density at radius 2 is 1.22 bits per heavy atom. The molecule has 0 spiro atoms. The van der Waals surface area contributed by atoms with Gasteiger partial charge in [0.25, 0.3) is 10.0 Å². The summed E-state index contributed by atoms with van der Waals surface area (Å²) in [6, 6.07) is 23.0. The van der Waals surface area contributed by atoms with Gasteiger partial charge < -0.3 is 20.1 Å². The van der Waals surface area contributed by atoms with Gasteiger partial charge in [0.15, 0.2) is 5.03 Å². The molecule has 0 bridgehead atoms. The Morgan fingerprint density at radius 3 is 1.68 bits per heavy atom.